The molecule has 0 aliphatic carbocycles. The summed E-state index contributed by atoms with van der Waals surface area (Å²) in [6.07, 6.45) is 1.88. The number of hydrogen-bond acceptors (Lipinski definition) is 3. The number of aliphatic imine (C=N–C) groups is 1. The van der Waals surface area contributed by atoms with E-state index in [1.54, 1.807) is 12.1 Å². The number of methoxy groups -OCH3 is 1. The lowest BCUT2D eigenvalue weighted by molar-refractivity contribution is 0.373. The van der Waals surface area contributed by atoms with Crippen LogP contribution in [0.25, 0.3) is 0 Å². The number of aromatic nitrogens is 1. The van der Waals surface area contributed by atoms with Crippen LogP contribution < -0.4 is 10.1 Å². The third-order valence-electron chi connectivity index (χ3n) is 3.82. The molecule has 0 amide bonds. The highest BCUT2D eigenvalue weighted by Crippen LogP contribution is 2.26. The van der Waals surface area contributed by atoms with Crippen molar-refractivity contribution in [2.24, 2.45) is 12.0 Å². The van der Waals surface area contributed by atoms with Crippen molar-refractivity contribution in [3.63, 3.8) is 0 Å². The smallest absolute Gasteiger partial charge is 0.194 e. The van der Waals surface area contributed by atoms with E-state index in [9.17, 15) is 5.11 Å². The Morgan fingerprint density at radius 1 is 1.40 bits per heavy atom. The van der Waals surface area contributed by atoms with Crippen molar-refractivity contribution in [2.45, 2.75) is 20.0 Å². The summed E-state index contributed by atoms with van der Waals surface area (Å²) in [5, 5.41) is 13.9. The number of nitrogens with one attached hydrogen (secondary N) is 1. The molecule has 0 spiro atoms. The highest BCUT2D eigenvalue weighted by Gasteiger charge is 2.10. The van der Waals surface area contributed by atoms with Crippen molar-refractivity contribution >= 4 is 17.6 Å². The molecule has 0 radical (unpaired) electrons. The van der Waals surface area contributed by atoms with Gasteiger partial charge in [0.15, 0.2) is 17.5 Å². The largest absolute Gasteiger partial charge is 0.504 e. The van der Waals surface area contributed by atoms with E-state index in [0.717, 1.165) is 28.8 Å². The fourth-order valence-electron chi connectivity index (χ4n) is 2.51. The standard InChI is InChI=1S/C18H25ClN4O2/c1-5-20-18(23(3)12-15-9-14(19)11-22(15)2)21-10-13-6-7-17(25-4)16(24)8-13/h6-9,11,24H,5,10,12H2,1-4H3,(H,20,21). The molecule has 0 fully saturated rings. The van der Waals surface area contributed by atoms with E-state index in [4.69, 9.17) is 16.3 Å². The van der Waals surface area contributed by atoms with Crippen molar-refractivity contribution in [3.8, 4) is 11.5 Å². The van der Waals surface area contributed by atoms with Crippen LogP contribution in [0.4, 0.5) is 0 Å². The average molecular weight is 365 g/mol. The third-order valence-corrected chi connectivity index (χ3v) is 4.03. The average Bonchev–Trinajstić information content (AvgIpc) is 2.88. The van der Waals surface area contributed by atoms with Gasteiger partial charge in [0.25, 0.3) is 0 Å². The Kier molecular flexibility index (Phi) is 6.58. The minimum absolute atomic E-state index is 0.118. The third kappa shape index (κ3) is 5.06. The van der Waals surface area contributed by atoms with Gasteiger partial charge in [-0.1, -0.05) is 17.7 Å². The molecule has 0 aliphatic rings. The van der Waals surface area contributed by atoms with E-state index in [1.165, 1.54) is 7.11 Å². The van der Waals surface area contributed by atoms with E-state index in [-0.39, 0.29) is 5.75 Å². The molecule has 2 N–H and O–H groups in total. The molecule has 6 nitrogen and oxygen atoms in total. The molecule has 0 unspecified atom stereocenters. The van der Waals surface area contributed by atoms with Crippen LogP contribution in [0.3, 0.4) is 0 Å². The van der Waals surface area contributed by atoms with Crippen LogP contribution in [-0.4, -0.2) is 41.2 Å². The number of phenols is 1. The van der Waals surface area contributed by atoms with Crippen LogP contribution in [0.15, 0.2) is 35.5 Å². The number of aromatic hydroxyl groups is 1. The number of ether oxygens (including phenoxy) is 1. The molecule has 1 aromatic heterocycles. The number of rotatable bonds is 6. The van der Waals surface area contributed by atoms with E-state index < -0.39 is 0 Å². The maximum absolute atomic E-state index is 9.88. The lowest BCUT2D eigenvalue weighted by Crippen LogP contribution is -2.38. The fraction of sp³-hybridized carbons (Fsp3) is 0.389. The summed E-state index contributed by atoms with van der Waals surface area (Å²) in [7, 11) is 5.48. The van der Waals surface area contributed by atoms with Gasteiger partial charge in [0.1, 0.15) is 0 Å². The van der Waals surface area contributed by atoms with Gasteiger partial charge in [0.05, 0.1) is 25.2 Å². The minimum Gasteiger partial charge on any atom is -0.504 e. The molecule has 0 saturated heterocycles. The Morgan fingerprint density at radius 3 is 2.72 bits per heavy atom. The SMILES string of the molecule is CCNC(=NCc1ccc(OC)c(O)c1)N(C)Cc1cc(Cl)cn1C. The van der Waals surface area contributed by atoms with Gasteiger partial charge in [-0.3, -0.25) is 0 Å². The second kappa shape index (κ2) is 8.67. The summed E-state index contributed by atoms with van der Waals surface area (Å²) in [5.41, 5.74) is 2.00. The van der Waals surface area contributed by atoms with Gasteiger partial charge in [0.2, 0.25) is 0 Å². The number of aryl methyl sites for hydroxylation is 1. The van der Waals surface area contributed by atoms with Crippen LogP contribution in [0.1, 0.15) is 18.2 Å². The lowest BCUT2D eigenvalue weighted by atomic mass is 10.2. The normalized spacial score (nSPS) is 11.5. The van der Waals surface area contributed by atoms with Crippen LogP contribution in [-0.2, 0) is 20.1 Å². The molecule has 1 heterocycles. The summed E-state index contributed by atoms with van der Waals surface area (Å²) in [5.74, 6) is 1.36. The number of hydrogen-bond donors (Lipinski definition) is 2. The number of halogens is 1. The van der Waals surface area contributed by atoms with E-state index in [2.05, 4.69) is 10.3 Å². The Bertz CT molecular complexity index is 743. The Hall–Kier alpha value is -2.34. The lowest BCUT2D eigenvalue weighted by Gasteiger charge is -2.22. The van der Waals surface area contributed by atoms with Crippen molar-refractivity contribution in [3.05, 3.63) is 46.7 Å². The molecule has 136 valence electrons. The van der Waals surface area contributed by atoms with Gasteiger partial charge >= 0.3 is 0 Å². The van der Waals surface area contributed by atoms with E-state index >= 15 is 0 Å². The quantitative estimate of drug-likeness (QED) is 0.611. The van der Waals surface area contributed by atoms with Crippen molar-refractivity contribution in [1.29, 1.82) is 0 Å². The molecule has 2 aromatic rings. The highest BCUT2D eigenvalue weighted by molar-refractivity contribution is 6.30. The summed E-state index contributed by atoms with van der Waals surface area (Å²) in [6, 6.07) is 7.25. The van der Waals surface area contributed by atoms with Gasteiger partial charge < -0.3 is 24.6 Å². The Labute approximate surface area is 153 Å². The first-order chi connectivity index (χ1) is 11.9. The molecular weight excluding hydrogens is 340 g/mol. The van der Waals surface area contributed by atoms with E-state index in [0.29, 0.717) is 18.8 Å². The van der Waals surface area contributed by atoms with Crippen molar-refractivity contribution in [2.75, 3.05) is 20.7 Å². The zero-order valence-electron chi connectivity index (χ0n) is 15.1. The molecule has 0 atom stereocenters. The minimum atomic E-state index is 0.118. The summed E-state index contributed by atoms with van der Waals surface area (Å²) >= 11 is 6.05. The van der Waals surface area contributed by atoms with Crippen molar-refractivity contribution in [1.82, 2.24) is 14.8 Å². The first-order valence-corrected chi connectivity index (χ1v) is 8.48. The zero-order valence-corrected chi connectivity index (χ0v) is 15.8. The molecule has 1 aromatic carbocycles. The number of nitrogens with zero attached hydrogens (tertiary/aromatic N) is 3. The van der Waals surface area contributed by atoms with Crippen LogP contribution in [0.2, 0.25) is 5.02 Å². The van der Waals surface area contributed by atoms with Gasteiger partial charge in [-0.15, -0.1) is 0 Å². The van der Waals surface area contributed by atoms with Gasteiger partial charge in [0, 0.05) is 32.5 Å². The molecule has 0 saturated carbocycles. The van der Waals surface area contributed by atoms with Crippen LogP contribution in [0, 0.1) is 0 Å². The van der Waals surface area contributed by atoms with Gasteiger partial charge in [-0.2, -0.15) is 0 Å². The molecule has 7 heteroatoms. The maximum atomic E-state index is 9.88. The highest BCUT2D eigenvalue weighted by atomic mass is 35.5. The molecule has 25 heavy (non-hydrogen) atoms. The second-order valence-electron chi connectivity index (χ2n) is 5.79. The van der Waals surface area contributed by atoms with Crippen LogP contribution in [0.5, 0.6) is 11.5 Å². The maximum Gasteiger partial charge on any atom is 0.194 e. The molecular formula is C18H25ClN4O2. The van der Waals surface area contributed by atoms with Crippen molar-refractivity contribution < 1.29 is 9.84 Å². The second-order valence-corrected chi connectivity index (χ2v) is 6.23. The fourth-order valence-corrected chi connectivity index (χ4v) is 2.78. The zero-order chi connectivity index (χ0) is 18.4. The van der Waals surface area contributed by atoms with Gasteiger partial charge in [-0.25, -0.2) is 4.99 Å². The summed E-state index contributed by atoms with van der Waals surface area (Å²) in [4.78, 5) is 6.69. The predicted molar refractivity (Wildman–Crippen MR) is 101 cm³/mol. The number of guanidine groups is 1. The van der Waals surface area contributed by atoms with Gasteiger partial charge in [-0.05, 0) is 30.7 Å². The number of phenolic OH excluding ortho intramolecular Hbond substituents is 1. The Morgan fingerprint density at radius 2 is 2.16 bits per heavy atom. The Balaban J connectivity index is 2.11. The first-order valence-electron chi connectivity index (χ1n) is 8.10. The van der Waals surface area contributed by atoms with Crippen LogP contribution >= 0.6 is 11.6 Å². The summed E-state index contributed by atoms with van der Waals surface area (Å²) in [6.45, 7) is 3.94. The molecule has 0 bridgehead atoms. The monoisotopic (exact) mass is 364 g/mol. The van der Waals surface area contributed by atoms with E-state index in [1.807, 2.05) is 48.8 Å². The summed E-state index contributed by atoms with van der Waals surface area (Å²) < 4.78 is 7.07. The molecule has 2 rings (SSSR count). The molecule has 0 aliphatic heterocycles. The topological polar surface area (TPSA) is 62.0 Å². The predicted octanol–water partition coefficient (Wildman–Crippen LogP) is 2.99. The first kappa shape index (κ1) is 19.0. The number of benzene rings is 1.